The molecule has 2 aliphatic rings. The normalized spacial score (nSPS) is 28.6. The van der Waals surface area contributed by atoms with Gasteiger partial charge >= 0.3 is 0 Å². The van der Waals surface area contributed by atoms with Gasteiger partial charge in [-0.15, -0.1) is 0 Å². The third-order valence-corrected chi connectivity index (χ3v) is 4.84. The fourth-order valence-electron chi connectivity index (χ4n) is 3.34. The predicted octanol–water partition coefficient (Wildman–Crippen LogP) is 0.831. The number of nitrogens with two attached hydrogens (primary N) is 1. The Morgan fingerprint density at radius 1 is 0.950 bits per heavy atom. The first-order valence-corrected chi connectivity index (χ1v) is 7.81. The highest BCUT2D eigenvalue weighted by molar-refractivity contribution is 5.80. The highest BCUT2D eigenvalue weighted by atomic mass is 16.2. The van der Waals surface area contributed by atoms with Gasteiger partial charge in [0.25, 0.3) is 0 Å². The van der Waals surface area contributed by atoms with Gasteiger partial charge in [-0.3, -0.25) is 14.5 Å². The maximum atomic E-state index is 12.5. The second kappa shape index (κ2) is 6.57. The number of rotatable bonds is 3. The van der Waals surface area contributed by atoms with Gasteiger partial charge in [0.2, 0.25) is 11.8 Å². The van der Waals surface area contributed by atoms with Gasteiger partial charge in [-0.05, 0) is 39.5 Å². The number of carbonyl (C=O) groups excluding carboxylic acids is 2. The summed E-state index contributed by atoms with van der Waals surface area (Å²) in [5.41, 5.74) is 5.34. The van der Waals surface area contributed by atoms with Crippen molar-refractivity contribution in [2.45, 2.75) is 45.6 Å². The Hall–Kier alpha value is -1.10. The highest BCUT2D eigenvalue weighted by Crippen LogP contribution is 2.30. The first-order chi connectivity index (χ1) is 9.49. The fourth-order valence-corrected chi connectivity index (χ4v) is 3.34. The lowest BCUT2D eigenvalue weighted by atomic mass is 9.81. The Morgan fingerprint density at radius 2 is 1.45 bits per heavy atom. The van der Waals surface area contributed by atoms with E-state index in [4.69, 9.17) is 5.73 Å². The fraction of sp³-hybridized carbons (Fsp3) is 0.867. The number of primary amides is 1. The third kappa shape index (κ3) is 3.51. The number of nitrogens with zero attached hydrogens (tertiary/aromatic N) is 2. The summed E-state index contributed by atoms with van der Waals surface area (Å²) in [6.07, 6.45) is 3.18. The monoisotopic (exact) mass is 281 g/mol. The summed E-state index contributed by atoms with van der Waals surface area (Å²) in [6.45, 7) is 8.02. The number of piperazine rings is 1. The van der Waals surface area contributed by atoms with E-state index in [1.165, 1.54) is 0 Å². The lowest BCUT2D eigenvalue weighted by molar-refractivity contribution is -0.139. The summed E-state index contributed by atoms with van der Waals surface area (Å²) >= 11 is 0. The molecule has 5 nitrogen and oxygen atoms in total. The molecule has 0 spiro atoms. The SMILES string of the molecule is CC(C)N1CCN(C(=O)[C@H]2CC[C@@H](C(N)=O)CC2)CC1. The summed E-state index contributed by atoms with van der Waals surface area (Å²) in [5, 5.41) is 0. The van der Waals surface area contributed by atoms with Gasteiger partial charge in [-0.25, -0.2) is 0 Å². The van der Waals surface area contributed by atoms with Crippen molar-refractivity contribution in [1.29, 1.82) is 0 Å². The molecule has 2 amide bonds. The smallest absolute Gasteiger partial charge is 0.225 e. The van der Waals surface area contributed by atoms with Crippen molar-refractivity contribution in [3.8, 4) is 0 Å². The van der Waals surface area contributed by atoms with Crippen LogP contribution < -0.4 is 5.73 Å². The summed E-state index contributed by atoms with van der Waals surface area (Å²) in [5.74, 6) is 0.172. The van der Waals surface area contributed by atoms with Gasteiger partial charge in [0.1, 0.15) is 0 Å². The molecule has 0 bridgehead atoms. The van der Waals surface area contributed by atoms with E-state index in [2.05, 4.69) is 18.7 Å². The molecule has 0 aromatic heterocycles. The molecule has 2 N–H and O–H groups in total. The molecule has 1 aliphatic carbocycles. The van der Waals surface area contributed by atoms with Crippen LogP contribution in [-0.2, 0) is 9.59 Å². The van der Waals surface area contributed by atoms with Crippen molar-refractivity contribution in [2.24, 2.45) is 17.6 Å². The zero-order chi connectivity index (χ0) is 14.7. The van der Waals surface area contributed by atoms with Crippen LogP contribution in [0, 0.1) is 11.8 Å². The van der Waals surface area contributed by atoms with Crippen molar-refractivity contribution in [3.05, 3.63) is 0 Å². The lowest BCUT2D eigenvalue weighted by Gasteiger charge is -2.39. The number of carbonyl (C=O) groups is 2. The topological polar surface area (TPSA) is 66.6 Å². The maximum absolute atomic E-state index is 12.5. The molecule has 5 heteroatoms. The van der Waals surface area contributed by atoms with E-state index >= 15 is 0 Å². The molecule has 114 valence electrons. The van der Waals surface area contributed by atoms with Gasteiger partial charge in [0.15, 0.2) is 0 Å². The minimum atomic E-state index is -0.207. The van der Waals surface area contributed by atoms with Gasteiger partial charge in [-0.1, -0.05) is 0 Å². The molecule has 1 heterocycles. The van der Waals surface area contributed by atoms with E-state index in [1.54, 1.807) is 0 Å². The number of hydrogen-bond donors (Lipinski definition) is 1. The van der Waals surface area contributed by atoms with Crippen LogP contribution in [0.5, 0.6) is 0 Å². The van der Waals surface area contributed by atoms with Crippen LogP contribution in [-0.4, -0.2) is 53.8 Å². The number of hydrogen-bond acceptors (Lipinski definition) is 3. The average molecular weight is 281 g/mol. The van der Waals surface area contributed by atoms with E-state index in [9.17, 15) is 9.59 Å². The largest absolute Gasteiger partial charge is 0.369 e. The molecule has 2 rings (SSSR count). The molecule has 0 radical (unpaired) electrons. The van der Waals surface area contributed by atoms with E-state index in [0.29, 0.717) is 6.04 Å². The lowest BCUT2D eigenvalue weighted by Crippen LogP contribution is -2.52. The van der Waals surface area contributed by atoms with Crippen LogP contribution in [0.3, 0.4) is 0 Å². The zero-order valence-corrected chi connectivity index (χ0v) is 12.7. The van der Waals surface area contributed by atoms with Crippen molar-refractivity contribution < 1.29 is 9.59 Å². The molecule has 0 aromatic carbocycles. The van der Waals surface area contributed by atoms with E-state index in [-0.39, 0.29) is 23.7 Å². The van der Waals surface area contributed by atoms with Crippen molar-refractivity contribution in [2.75, 3.05) is 26.2 Å². The van der Waals surface area contributed by atoms with Gasteiger partial charge in [0, 0.05) is 44.1 Å². The molecular weight excluding hydrogens is 254 g/mol. The highest BCUT2D eigenvalue weighted by Gasteiger charge is 2.32. The number of amides is 2. The molecule has 1 saturated heterocycles. The van der Waals surface area contributed by atoms with Gasteiger partial charge < -0.3 is 10.6 Å². The minimum absolute atomic E-state index is 0.0168. The summed E-state index contributed by atoms with van der Waals surface area (Å²) in [4.78, 5) is 28.1. The Labute approximate surface area is 121 Å². The first kappa shape index (κ1) is 15.3. The zero-order valence-electron chi connectivity index (χ0n) is 12.7. The molecular formula is C15H27N3O2. The minimum Gasteiger partial charge on any atom is -0.369 e. The van der Waals surface area contributed by atoms with Crippen molar-refractivity contribution in [3.63, 3.8) is 0 Å². The van der Waals surface area contributed by atoms with Crippen LogP contribution in [0.1, 0.15) is 39.5 Å². The molecule has 0 atom stereocenters. The summed E-state index contributed by atoms with van der Waals surface area (Å²) < 4.78 is 0. The van der Waals surface area contributed by atoms with Crippen LogP contribution in [0.4, 0.5) is 0 Å². The maximum Gasteiger partial charge on any atom is 0.225 e. The molecule has 1 saturated carbocycles. The standard InChI is InChI=1S/C15H27N3O2/c1-11(2)17-7-9-18(10-8-17)15(20)13-5-3-12(4-6-13)14(16)19/h11-13H,3-10H2,1-2H3,(H2,16,19)/t12-,13+. The molecule has 0 aromatic rings. The third-order valence-electron chi connectivity index (χ3n) is 4.84. The Bertz CT molecular complexity index is 354. The van der Waals surface area contributed by atoms with Crippen LogP contribution in [0.15, 0.2) is 0 Å². The van der Waals surface area contributed by atoms with Crippen molar-refractivity contribution >= 4 is 11.8 Å². The Morgan fingerprint density at radius 3 is 1.90 bits per heavy atom. The quantitative estimate of drug-likeness (QED) is 0.833. The van der Waals surface area contributed by atoms with Crippen LogP contribution in [0.2, 0.25) is 0 Å². The Balaban J connectivity index is 1.80. The summed E-state index contributed by atoms with van der Waals surface area (Å²) in [6, 6.07) is 0.554. The first-order valence-electron chi connectivity index (χ1n) is 7.81. The molecule has 0 unspecified atom stereocenters. The van der Waals surface area contributed by atoms with Crippen LogP contribution in [0.25, 0.3) is 0 Å². The van der Waals surface area contributed by atoms with Crippen molar-refractivity contribution in [1.82, 2.24) is 9.80 Å². The molecule has 2 fully saturated rings. The van der Waals surface area contributed by atoms with Gasteiger partial charge in [0.05, 0.1) is 0 Å². The van der Waals surface area contributed by atoms with E-state index in [1.807, 2.05) is 4.90 Å². The van der Waals surface area contributed by atoms with E-state index in [0.717, 1.165) is 51.9 Å². The van der Waals surface area contributed by atoms with E-state index < -0.39 is 0 Å². The average Bonchev–Trinajstić information content (AvgIpc) is 2.46. The Kier molecular flexibility index (Phi) is 5.02. The predicted molar refractivity (Wildman–Crippen MR) is 77.9 cm³/mol. The molecule has 20 heavy (non-hydrogen) atoms. The summed E-state index contributed by atoms with van der Waals surface area (Å²) in [7, 11) is 0. The molecule has 1 aliphatic heterocycles. The second-order valence-corrected chi connectivity index (χ2v) is 6.41. The second-order valence-electron chi connectivity index (χ2n) is 6.41. The van der Waals surface area contributed by atoms with Gasteiger partial charge in [-0.2, -0.15) is 0 Å². The van der Waals surface area contributed by atoms with Crippen LogP contribution >= 0.6 is 0 Å².